The first kappa shape index (κ1) is 12.3. The lowest BCUT2D eigenvalue weighted by atomic mass is 10.2. The number of ether oxygens (including phenoxy) is 1. The van der Waals surface area contributed by atoms with E-state index in [1.807, 2.05) is 0 Å². The molecule has 1 aromatic rings. The van der Waals surface area contributed by atoms with E-state index in [2.05, 4.69) is 9.73 Å². The molecule has 0 fully saturated rings. The molecule has 0 spiro atoms. The summed E-state index contributed by atoms with van der Waals surface area (Å²) in [6.07, 6.45) is -5.11. The smallest absolute Gasteiger partial charge is 0.405 e. The van der Waals surface area contributed by atoms with Gasteiger partial charge in [0.25, 0.3) is 5.78 Å². The number of esters is 1. The molecule has 1 aliphatic heterocycles. The second-order valence-electron chi connectivity index (χ2n) is 3.49. The van der Waals surface area contributed by atoms with Crippen LogP contribution in [0.5, 0.6) is 0 Å². The molecule has 1 aliphatic rings. The lowest BCUT2D eigenvalue weighted by molar-refractivity contribution is -0.174. The highest BCUT2D eigenvalue weighted by Crippen LogP contribution is 2.23. The maximum atomic E-state index is 12.2. The van der Waals surface area contributed by atoms with Crippen LogP contribution in [0.1, 0.15) is 5.56 Å². The van der Waals surface area contributed by atoms with Gasteiger partial charge in [-0.15, -0.1) is 0 Å². The topological polar surface area (TPSA) is 55.7 Å². The molecule has 94 valence electrons. The van der Waals surface area contributed by atoms with Gasteiger partial charge in [0.1, 0.15) is 0 Å². The van der Waals surface area contributed by atoms with E-state index in [1.165, 1.54) is 12.1 Å². The largest absolute Gasteiger partial charge is 0.452 e. The molecule has 4 nitrogen and oxygen atoms in total. The van der Waals surface area contributed by atoms with Crippen molar-refractivity contribution in [3.63, 3.8) is 0 Å². The third-order valence-electron chi connectivity index (χ3n) is 2.22. The molecule has 0 radical (unpaired) electrons. The number of aliphatic imine (C=N–C) groups is 1. The zero-order chi connectivity index (χ0) is 13.3. The molecule has 0 amide bonds. The Bertz CT molecular complexity index is 522. The molecule has 1 aromatic carbocycles. The number of carbonyl (C=O) groups is 2. The number of rotatable bonds is 2. The number of carbonyl (C=O) groups excluding carboxylic acids is 2. The summed E-state index contributed by atoms with van der Waals surface area (Å²) in [5.74, 6) is -3.81. The number of alkyl halides is 3. The van der Waals surface area contributed by atoms with E-state index < -0.39 is 24.0 Å². The van der Waals surface area contributed by atoms with Crippen molar-refractivity contribution < 1.29 is 27.5 Å². The maximum Gasteiger partial charge on any atom is 0.452 e. The van der Waals surface area contributed by atoms with Crippen LogP contribution in [0, 0.1) is 0 Å². The Morgan fingerprint density at radius 1 is 1.22 bits per heavy atom. The average Bonchev–Trinajstić information content (AvgIpc) is 2.70. The van der Waals surface area contributed by atoms with E-state index in [1.54, 1.807) is 18.2 Å². The summed E-state index contributed by atoms with van der Waals surface area (Å²) >= 11 is 0. The highest BCUT2D eigenvalue weighted by molar-refractivity contribution is 6.16. The number of ketones is 1. The summed E-state index contributed by atoms with van der Waals surface area (Å²) < 4.78 is 41.1. The van der Waals surface area contributed by atoms with Crippen LogP contribution >= 0.6 is 0 Å². The molecule has 18 heavy (non-hydrogen) atoms. The summed E-state index contributed by atoms with van der Waals surface area (Å²) in [6.45, 7) is 0. The Hall–Kier alpha value is -2.18. The molecule has 0 bridgehead atoms. The average molecular weight is 257 g/mol. The van der Waals surface area contributed by atoms with Crippen molar-refractivity contribution >= 4 is 17.7 Å². The van der Waals surface area contributed by atoms with Crippen LogP contribution in [0.25, 0.3) is 0 Å². The second kappa shape index (κ2) is 4.25. The maximum absolute atomic E-state index is 12.2. The standard InChI is InChI=1S/C11H6F3NO3/c12-11(13,14)8(16)7-10(17)18-9(15-7)6-4-2-1-3-5-6/h1-5,7H. The minimum atomic E-state index is -5.11. The van der Waals surface area contributed by atoms with Gasteiger partial charge in [-0.1, -0.05) is 18.2 Å². The summed E-state index contributed by atoms with van der Waals surface area (Å²) in [4.78, 5) is 25.5. The fraction of sp³-hybridized carbons (Fsp3) is 0.182. The van der Waals surface area contributed by atoms with Crippen molar-refractivity contribution in [2.45, 2.75) is 12.2 Å². The Labute approximate surface area is 99.1 Å². The monoisotopic (exact) mass is 257 g/mol. The Morgan fingerprint density at radius 3 is 2.39 bits per heavy atom. The van der Waals surface area contributed by atoms with Gasteiger partial charge in [0.15, 0.2) is 0 Å². The third kappa shape index (κ3) is 2.24. The highest BCUT2D eigenvalue weighted by Gasteiger charge is 2.49. The van der Waals surface area contributed by atoms with Gasteiger partial charge in [-0.2, -0.15) is 13.2 Å². The third-order valence-corrected chi connectivity index (χ3v) is 2.22. The Morgan fingerprint density at radius 2 is 1.83 bits per heavy atom. The molecular weight excluding hydrogens is 251 g/mol. The zero-order valence-electron chi connectivity index (χ0n) is 8.77. The normalized spacial score (nSPS) is 19.4. The van der Waals surface area contributed by atoms with Gasteiger partial charge in [0, 0.05) is 5.56 Å². The summed E-state index contributed by atoms with van der Waals surface area (Å²) in [6, 6.07) is 5.74. The van der Waals surface area contributed by atoms with Gasteiger partial charge < -0.3 is 4.74 Å². The van der Waals surface area contributed by atoms with Crippen LogP contribution in [0.15, 0.2) is 35.3 Å². The molecule has 1 atom stereocenters. The minimum absolute atomic E-state index is 0.275. The van der Waals surface area contributed by atoms with Crippen molar-refractivity contribution in [2.24, 2.45) is 4.99 Å². The van der Waals surface area contributed by atoms with Crippen molar-refractivity contribution in [1.82, 2.24) is 0 Å². The number of hydrogen-bond acceptors (Lipinski definition) is 4. The van der Waals surface area contributed by atoms with Crippen LogP contribution < -0.4 is 0 Å². The molecule has 0 aromatic heterocycles. The van der Waals surface area contributed by atoms with Crippen molar-refractivity contribution in [1.29, 1.82) is 0 Å². The molecule has 7 heteroatoms. The van der Waals surface area contributed by atoms with Gasteiger partial charge in [0.2, 0.25) is 11.9 Å². The molecule has 1 unspecified atom stereocenters. The predicted octanol–water partition coefficient (Wildman–Crippen LogP) is 1.49. The van der Waals surface area contributed by atoms with E-state index in [0.717, 1.165) is 0 Å². The fourth-order valence-electron chi connectivity index (χ4n) is 1.38. The highest BCUT2D eigenvalue weighted by atomic mass is 19.4. The van der Waals surface area contributed by atoms with Crippen LogP contribution in [-0.2, 0) is 14.3 Å². The number of benzene rings is 1. The van der Waals surface area contributed by atoms with Gasteiger partial charge in [-0.25, -0.2) is 9.79 Å². The quantitative estimate of drug-likeness (QED) is 0.595. The van der Waals surface area contributed by atoms with Gasteiger partial charge >= 0.3 is 12.1 Å². The van der Waals surface area contributed by atoms with E-state index in [0.29, 0.717) is 5.56 Å². The van der Waals surface area contributed by atoms with Crippen LogP contribution in [0.2, 0.25) is 0 Å². The first-order chi connectivity index (χ1) is 8.39. The minimum Gasteiger partial charge on any atom is -0.405 e. The van der Waals surface area contributed by atoms with Gasteiger partial charge in [-0.3, -0.25) is 4.79 Å². The van der Waals surface area contributed by atoms with Gasteiger partial charge in [0.05, 0.1) is 0 Å². The van der Waals surface area contributed by atoms with E-state index in [9.17, 15) is 22.8 Å². The SMILES string of the molecule is O=C1OC(c2ccccc2)=NC1C(=O)C(F)(F)F. The Balaban J connectivity index is 2.29. The van der Waals surface area contributed by atoms with E-state index >= 15 is 0 Å². The van der Waals surface area contributed by atoms with Crippen LogP contribution in [0.3, 0.4) is 0 Å². The van der Waals surface area contributed by atoms with E-state index in [4.69, 9.17) is 0 Å². The number of nitrogens with zero attached hydrogens (tertiary/aromatic N) is 1. The van der Waals surface area contributed by atoms with Crippen LogP contribution in [0.4, 0.5) is 13.2 Å². The Kier molecular flexibility index (Phi) is 2.90. The molecule has 0 saturated heterocycles. The van der Waals surface area contributed by atoms with Crippen molar-refractivity contribution in [3.8, 4) is 0 Å². The number of Topliss-reactive ketones (excluding diaryl/α,β-unsaturated/α-hetero) is 1. The van der Waals surface area contributed by atoms with Crippen molar-refractivity contribution in [3.05, 3.63) is 35.9 Å². The number of halogens is 3. The molecular formula is C11H6F3NO3. The lowest BCUT2D eigenvalue weighted by Gasteiger charge is -2.05. The number of cyclic esters (lactones) is 1. The van der Waals surface area contributed by atoms with E-state index in [-0.39, 0.29) is 5.90 Å². The molecule has 2 rings (SSSR count). The first-order valence-electron chi connectivity index (χ1n) is 4.85. The first-order valence-corrected chi connectivity index (χ1v) is 4.85. The van der Waals surface area contributed by atoms with Gasteiger partial charge in [-0.05, 0) is 12.1 Å². The predicted molar refractivity (Wildman–Crippen MR) is 53.9 cm³/mol. The second-order valence-corrected chi connectivity index (χ2v) is 3.49. The fourth-order valence-corrected chi connectivity index (χ4v) is 1.38. The lowest BCUT2D eigenvalue weighted by Crippen LogP contribution is -2.36. The van der Waals surface area contributed by atoms with Crippen LogP contribution in [-0.4, -0.2) is 29.9 Å². The molecule has 0 N–H and O–H groups in total. The summed E-state index contributed by atoms with van der Waals surface area (Å²) in [7, 11) is 0. The molecule has 0 saturated carbocycles. The van der Waals surface area contributed by atoms with Crippen molar-refractivity contribution in [2.75, 3.05) is 0 Å². The molecule has 0 aliphatic carbocycles. The summed E-state index contributed by atoms with van der Waals surface area (Å²) in [5.41, 5.74) is 0.336. The molecule has 1 heterocycles. The summed E-state index contributed by atoms with van der Waals surface area (Å²) in [5, 5.41) is 0. The number of hydrogen-bond donors (Lipinski definition) is 0. The zero-order valence-corrected chi connectivity index (χ0v) is 8.77.